The van der Waals surface area contributed by atoms with Gasteiger partial charge in [0, 0.05) is 0 Å². The molecule has 1 unspecified atom stereocenters. The number of hydrogen-bond acceptors (Lipinski definition) is 0. The van der Waals surface area contributed by atoms with Crippen LogP contribution in [0.1, 0.15) is 55.5 Å². The predicted molar refractivity (Wildman–Crippen MR) is 117 cm³/mol. The van der Waals surface area contributed by atoms with Crippen LogP contribution < -0.4 is 42.4 Å². The Morgan fingerprint density at radius 2 is 1.10 bits per heavy atom. The van der Waals surface area contributed by atoms with Gasteiger partial charge in [-0.2, -0.15) is 0 Å². The number of aryl methyl sites for hydroxylation is 3. The first kappa shape index (κ1) is 29.7. The van der Waals surface area contributed by atoms with E-state index in [-0.39, 0.29) is 40.9 Å². The molecule has 0 amide bonds. The van der Waals surface area contributed by atoms with Crippen molar-refractivity contribution in [3.8, 4) is 0 Å². The molecule has 2 aromatic rings. The van der Waals surface area contributed by atoms with Crippen molar-refractivity contribution in [2.24, 2.45) is 0 Å². The van der Waals surface area contributed by atoms with Gasteiger partial charge in [0.2, 0.25) is 0 Å². The molecule has 0 saturated carbocycles. The molecule has 0 radical (unpaired) electrons. The van der Waals surface area contributed by atoms with Crippen LogP contribution in [0.2, 0.25) is 3.72 Å². The summed E-state index contributed by atoms with van der Waals surface area (Å²) in [6, 6.07) is 16.5. The quantitative estimate of drug-likeness (QED) is 0.373. The molecule has 1 atom stereocenters. The Hall–Kier alpha value is -0.279. The third-order valence-corrected chi connectivity index (χ3v) is 11.3. The van der Waals surface area contributed by atoms with Gasteiger partial charge < -0.3 is 37.2 Å². The van der Waals surface area contributed by atoms with Crippen LogP contribution in [-0.4, -0.2) is 9.52 Å². The summed E-state index contributed by atoms with van der Waals surface area (Å²) in [5.74, 6) is 0. The Labute approximate surface area is 215 Å². The molecule has 0 nitrogen and oxygen atoms in total. The number of benzene rings is 2. The largest absolute Gasteiger partial charge is 1.00 e. The fraction of sp³-hybridized carbons (Fsp3) is 0.360. The number of halogens is 3. The van der Waals surface area contributed by atoms with Gasteiger partial charge in [-0.3, -0.25) is 0 Å². The van der Waals surface area contributed by atoms with Gasteiger partial charge in [-0.05, 0) is 0 Å². The molecule has 0 fully saturated rings. The van der Waals surface area contributed by atoms with E-state index < -0.39 is 9.52 Å². The molecular formula is C25H31Cl3SiTi. The van der Waals surface area contributed by atoms with Gasteiger partial charge in [0.25, 0.3) is 0 Å². The van der Waals surface area contributed by atoms with Crippen molar-refractivity contribution in [1.82, 2.24) is 0 Å². The van der Waals surface area contributed by atoms with Crippen molar-refractivity contribution >= 4 is 14.7 Å². The van der Waals surface area contributed by atoms with Crippen LogP contribution in [0, 0.1) is 20.8 Å². The monoisotopic (exact) mass is 512 g/mol. The van der Waals surface area contributed by atoms with Gasteiger partial charge in [-0.15, -0.1) is 0 Å². The Bertz CT molecular complexity index is 901. The number of hydrogen-bond donors (Lipinski definition) is 0. The molecule has 1 aliphatic rings. The fourth-order valence-electron chi connectivity index (χ4n) is 4.70. The molecule has 1 aliphatic carbocycles. The van der Waals surface area contributed by atoms with Crippen molar-refractivity contribution in [2.75, 3.05) is 0 Å². The van der Waals surface area contributed by atoms with E-state index in [1.165, 1.54) is 33.4 Å². The Morgan fingerprint density at radius 3 is 1.53 bits per heavy atom. The zero-order valence-electron chi connectivity index (χ0n) is 19.0. The van der Waals surface area contributed by atoms with Crippen LogP contribution in [0.15, 0.2) is 64.8 Å². The molecule has 160 valence electrons. The molecule has 0 aliphatic heterocycles. The van der Waals surface area contributed by atoms with Crippen LogP contribution in [0.5, 0.6) is 0 Å². The van der Waals surface area contributed by atoms with Crippen LogP contribution in [-0.2, 0) is 20.4 Å². The molecule has 0 N–H and O–H groups in total. The minimum atomic E-state index is -0.514. The molecule has 0 saturated heterocycles. The van der Waals surface area contributed by atoms with Gasteiger partial charge in [0.15, 0.2) is 0 Å². The SMILES string of the molecule is CC1=C(C)[C]([Ti+3])(C([SiH2]c2cc(C)cc(C)c2)c2ccc(C)cc2)C(C)=C1C.[Cl-].[Cl-].[Cl-]. The van der Waals surface area contributed by atoms with Crippen molar-refractivity contribution in [3.05, 3.63) is 87.0 Å². The zero-order chi connectivity index (χ0) is 19.9. The molecule has 5 heteroatoms. The summed E-state index contributed by atoms with van der Waals surface area (Å²) in [4.78, 5) is 0. The second-order valence-electron chi connectivity index (χ2n) is 8.47. The fourth-order valence-corrected chi connectivity index (χ4v) is 8.80. The zero-order valence-corrected chi connectivity index (χ0v) is 24.2. The van der Waals surface area contributed by atoms with E-state index >= 15 is 0 Å². The van der Waals surface area contributed by atoms with Crippen molar-refractivity contribution in [1.29, 1.82) is 0 Å². The maximum absolute atomic E-state index is 2.50. The molecule has 2 aromatic carbocycles. The summed E-state index contributed by atoms with van der Waals surface area (Å²) in [5, 5.41) is 1.59. The van der Waals surface area contributed by atoms with Gasteiger partial charge in [0.05, 0.1) is 0 Å². The van der Waals surface area contributed by atoms with Gasteiger partial charge >= 0.3 is 180 Å². The first-order valence-electron chi connectivity index (χ1n) is 9.89. The first-order valence-corrected chi connectivity index (χ1v) is 12.2. The van der Waals surface area contributed by atoms with E-state index in [1.54, 1.807) is 16.3 Å². The second-order valence-corrected chi connectivity index (χ2v) is 11.7. The topological polar surface area (TPSA) is 0 Å². The number of allylic oxidation sites excluding steroid dienone is 4. The van der Waals surface area contributed by atoms with Gasteiger partial charge in [-0.25, -0.2) is 0 Å². The summed E-state index contributed by atoms with van der Waals surface area (Å²) >= 11 is 2.50. The molecule has 0 heterocycles. The van der Waals surface area contributed by atoms with E-state index in [0.717, 1.165) is 0 Å². The van der Waals surface area contributed by atoms with Crippen molar-refractivity contribution < 1.29 is 57.7 Å². The Balaban J connectivity index is 0.00000280. The third-order valence-electron chi connectivity index (χ3n) is 6.59. The van der Waals surface area contributed by atoms with Gasteiger partial charge in [-0.1, -0.05) is 0 Å². The van der Waals surface area contributed by atoms with Crippen molar-refractivity contribution in [2.45, 2.75) is 57.7 Å². The summed E-state index contributed by atoms with van der Waals surface area (Å²) in [5.41, 5.74) is 12.4. The summed E-state index contributed by atoms with van der Waals surface area (Å²) in [6.45, 7) is 16.0. The minimum absolute atomic E-state index is 0. The van der Waals surface area contributed by atoms with Crippen molar-refractivity contribution in [3.63, 3.8) is 0 Å². The van der Waals surface area contributed by atoms with Gasteiger partial charge in [0.1, 0.15) is 0 Å². The molecule has 3 rings (SSSR count). The molecule has 0 spiro atoms. The average Bonchev–Trinajstić information content (AvgIpc) is 2.76. The van der Waals surface area contributed by atoms with Crippen LogP contribution in [0.3, 0.4) is 0 Å². The first-order chi connectivity index (χ1) is 12.6. The Kier molecular flexibility index (Phi) is 11.4. The van der Waals surface area contributed by atoms with E-state index in [9.17, 15) is 0 Å². The van der Waals surface area contributed by atoms with E-state index in [1.807, 2.05) is 0 Å². The number of rotatable bonds is 4. The maximum Gasteiger partial charge on any atom is -1.00 e. The van der Waals surface area contributed by atoms with E-state index in [0.29, 0.717) is 5.54 Å². The second kappa shape index (κ2) is 11.5. The third kappa shape index (κ3) is 5.55. The molecule has 0 aromatic heterocycles. The van der Waals surface area contributed by atoms with Crippen LogP contribution in [0.25, 0.3) is 0 Å². The van der Waals surface area contributed by atoms with Crippen LogP contribution >= 0.6 is 0 Å². The molecule has 30 heavy (non-hydrogen) atoms. The maximum atomic E-state index is 2.50. The smallest absolute Gasteiger partial charge is 1.00 e. The minimum Gasteiger partial charge on any atom is -1.00 e. The normalized spacial score (nSPS) is 16.3. The van der Waals surface area contributed by atoms with Crippen LogP contribution in [0.4, 0.5) is 0 Å². The molecule has 0 bridgehead atoms. The summed E-state index contributed by atoms with van der Waals surface area (Å²) in [6.07, 6.45) is 0. The van der Waals surface area contributed by atoms with E-state index in [2.05, 4.69) is 111 Å². The van der Waals surface area contributed by atoms with E-state index in [4.69, 9.17) is 0 Å². The predicted octanol–water partition coefficient (Wildman–Crippen LogP) is -3.45. The standard InChI is InChI=1S/C25H31Si.3ClH.Ti/c1-15-8-10-22(11-9-15)25(24-20(6)18(4)19(5)21(24)7)26-23-13-16(2)12-17(3)14-23;;;;/h8-14,25H,26H2,1-7H3;3*1H;/q;;;;+3/p-3. The average molecular weight is 514 g/mol. The summed E-state index contributed by atoms with van der Waals surface area (Å²) < 4.78 is 0.132. The summed E-state index contributed by atoms with van der Waals surface area (Å²) in [7, 11) is -0.514. The molecular weight excluding hydrogens is 483 g/mol. The Morgan fingerprint density at radius 1 is 0.667 bits per heavy atom.